The van der Waals surface area contributed by atoms with Crippen LogP contribution in [-0.4, -0.2) is 77.0 Å². The molecule has 174 valence electrons. The lowest BCUT2D eigenvalue weighted by atomic mass is 10.2. The van der Waals surface area contributed by atoms with Gasteiger partial charge in [0.1, 0.15) is 6.54 Å². The molecule has 0 atom stereocenters. The van der Waals surface area contributed by atoms with E-state index < -0.39 is 10.0 Å². The third-order valence-electron chi connectivity index (χ3n) is 5.58. The molecule has 9 heteroatoms. The first-order chi connectivity index (χ1) is 15.3. The molecule has 0 radical (unpaired) electrons. The van der Waals surface area contributed by atoms with E-state index in [0.717, 1.165) is 49.0 Å². The Labute approximate surface area is 196 Å². The van der Waals surface area contributed by atoms with Gasteiger partial charge in [-0.25, -0.2) is 8.42 Å². The van der Waals surface area contributed by atoms with E-state index in [2.05, 4.69) is 22.2 Å². The van der Waals surface area contributed by atoms with Crippen LogP contribution in [-0.2, 0) is 14.8 Å². The Bertz CT molecular complexity index is 989. The summed E-state index contributed by atoms with van der Waals surface area (Å²) in [5.41, 5.74) is 1.35. The average molecular weight is 479 g/mol. The van der Waals surface area contributed by atoms with Gasteiger partial charge in [-0.3, -0.25) is 9.10 Å². The highest BCUT2D eigenvalue weighted by Gasteiger charge is 2.27. The number of hydrogen-bond donors (Lipinski definition) is 1. The van der Waals surface area contributed by atoms with Crippen LogP contribution in [0.15, 0.2) is 53.4 Å². The number of likely N-dealkylation sites (N-methyl/N-ethyl adjacent to an activating group) is 1. The molecule has 0 aromatic heterocycles. The molecule has 32 heavy (non-hydrogen) atoms. The van der Waals surface area contributed by atoms with Crippen molar-refractivity contribution in [3.63, 3.8) is 0 Å². The van der Waals surface area contributed by atoms with Crippen molar-refractivity contribution >= 4 is 33.2 Å². The first kappa shape index (κ1) is 24.5. The highest BCUT2D eigenvalue weighted by molar-refractivity contribution is 7.92. The van der Waals surface area contributed by atoms with Crippen LogP contribution in [0, 0.1) is 6.92 Å². The fourth-order valence-electron chi connectivity index (χ4n) is 3.55. The number of amides is 1. The monoisotopic (exact) mass is 478 g/mol. The topological polar surface area (TPSA) is 73.0 Å². The van der Waals surface area contributed by atoms with E-state index in [1.54, 1.807) is 48.5 Å². The lowest BCUT2D eigenvalue weighted by Crippen LogP contribution is -2.45. The van der Waals surface area contributed by atoms with Crippen molar-refractivity contribution < 1.29 is 13.2 Å². The first-order valence-electron chi connectivity index (χ1n) is 10.8. The molecule has 2 aromatic rings. The number of nitrogens with zero attached hydrogens (tertiary/aromatic N) is 3. The molecule has 0 aliphatic carbocycles. The van der Waals surface area contributed by atoms with E-state index in [4.69, 9.17) is 11.6 Å². The summed E-state index contributed by atoms with van der Waals surface area (Å²) in [6.45, 7) is 7.18. The van der Waals surface area contributed by atoms with Gasteiger partial charge >= 0.3 is 0 Å². The summed E-state index contributed by atoms with van der Waals surface area (Å²) in [5.74, 6) is -0.339. The van der Waals surface area contributed by atoms with Crippen molar-refractivity contribution in [2.45, 2.75) is 18.2 Å². The molecule has 1 saturated heterocycles. The predicted molar refractivity (Wildman–Crippen MR) is 129 cm³/mol. The molecule has 0 bridgehead atoms. The largest absolute Gasteiger partial charge is 0.354 e. The van der Waals surface area contributed by atoms with E-state index in [1.807, 2.05) is 6.92 Å². The van der Waals surface area contributed by atoms with Crippen LogP contribution < -0.4 is 9.62 Å². The third-order valence-corrected chi connectivity index (χ3v) is 7.62. The van der Waals surface area contributed by atoms with Crippen LogP contribution in [0.4, 0.5) is 5.69 Å². The minimum Gasteiger partial charge on any atom is -0.354 e. The molecule has 0 unspecified atom stereocenters. The maximum Gasteiger partial charge on any atom is 0.264 e. The lowest BCUT2D eigenvalue weighted by Gasteiger charge is -2.32. The Hall–Kier alpha value is -2.13. The van der Waals surface area contributed by atoms with Gasteiger partial charge in [0.05, 0.1) is 10.6 Å². The predicted octanol–water partition coefficient (Wildman–Crippen LogP) is 2.60. The molecule has 1 aliphatic rings. The van der Waals surface area contributed by atoms with E-state index in [-0.39, 0.29) is 17.3 Å². The van der Waals surface area contributed by atoms with Gasteiger partial charge in [0.2, 0.25) is 5.91 Å². The molecule has 7 nitrogen and oxygen atoms in total. The van der Waals surface area contributed by atoms with Crippen molar-refractivity contribution in [1.82, 2.24) is 15.1 Å². The number of rotatable bonds is 9. The number of carbonyl (C=O) groups is 1. The fourth-order valence-corrected chi connectivity index (χ4v) is 5.10. The number of piperazine rings is 1. The SMILES string of the molecule is Cc1ccc(S(=O)(=O)N(CC(=O)NCCCN2CCN(C)CC2)c2ccc(Cl)cc2)cc1. The third kappa shape index (κ3) is 6.68. The number of nitrogens with one attached hydrogen (secondary N) is 1. The Balaban J connectivity index is 1.64. The van der Waals surface area contributed by atoms with Crippen LogP contribution in [0.25, 0.3) is 0 Å². The van der Waals surface area contributed by atoms with Crippen molar-refractivity contribution in [3.8, 4) is 0 Å². The molecule has 1 fully saturated rings. The van der Waals surface area contributed by atoms with Crippen molar-refractivity contribution in [2.24, 2.45) is 0 Å². The maximum absolute atomic E-state index is 13.3. The minimum atomic E-state index is -3.92. The van der Waals surface area contributed by atoms with Gasteiger partial charge in [0.25, 0.3) is 10.0 Å². The second-order valence-electron chi connectivity index (χ2n) is 8.15. The molecular formula is C23H31ClN4O3S. The lowest BCUT2D eigenvalue weighted by molar-refractivity contribution is -0.119. The van der Waals surface area contributed by atoms with Gasteiger partial charge in [-0.15, -0.1) is 0 Å². The number of sulfonamides is 1. The molecule has 1 amide bonds. The first-order valence-corrected chi connectivity index (χ1v) is 12.6. The maximum atomic E-state index is 13.3. The van der Waals surface area contributed by atoms with E-state index in [1.165, 1.54) is 0 Å². The Morgan fingerprint density at radius 3 is 2.28 bits per heavy atom. The smallest absolute Gasteiger partial charge is 0.264 e. The highest BCUT2D eigenvalue weighted by atomic mass is 35.5. The molecule has 1 N–H and O–H groups in total. The molecule has 2 aromatic carbocycles. The molecule has 3 rings (SSSR count). The second-order valence-corrected chi connectivity index (χ2v) is 10.4. The van der Waals surface area contributed by atoms with Gasteiger partial charge in [-0.1, -0.05) is 29.3 Å². The Morgan fingerprint density at radius 1 is 1.03 bits per heavy atom. The Kier molecular flexibility index (Phi) is 8.53. The Morgan fingerprint density at radius 2 is 1.66 bits per heavy atom. The molecule has 0 spiro atoms. The second kappa shape index (κ2) is 11.1. The van der Waals surface area contributed by atoms with Crippen LogP contribution in [0.1, 0.15) is 12.0 Å². The molecule has 1 heterocycles. The van der Waals surface area contributed by atoms with Gasteiger partial charge in [-0.2, -0.15) is 0 Å². The zero-order valence-corrected chi connectivity index (χ0v) is 20.2. The van der Waals surface area contributed by atoms with Crippen molar-refractivity contribution in [1.29, 1.82) is 0 Å². The quantitative estimate of drug-likeness (QED) is 0.561. The summed E-state index contributed by atoms with van der Waals surface area (Å²) in [7, 11) is -1.80. The molecule has 1 aliphatic heterocycles. The zero-order chi connectivity index (χ0) is 23.1. The number of aryl methyl sites for hydroxylation is 1. The van der Waals surface area contributed by atoms with Crippen LogP contribution >= 0.6 is 11.6 Å². The average Bonchev–Trinajstić information content (AvgIpc) is 2.77. The van der Waals surface area contributed by atoms with Crippen molar-refractivity contribution in [2.75, 3.05) is 57.2 Å². The fraction of sp³-hybridized carbons (Fsp3) is 0.435. The number of anilines is 1. The normalized spacial score (nSPS) is 15.5. The van der Waals surface area contributed by atoms with Crippen LogP contribution in [0.2, 0.25) is 5.02 Å². The van der Waals surface area contributed by atoms with E-state index in [9.17, 15) is 13.2 Å². The molecule has 0 saturated carbocycles. The highest BCUT2D eigenvalue weighted by Crippen LogP contribution is 2.25. The van der Waals surface area contributed by atoms with E-state index >= 15 is 0 Å². The summed E-state index contributed by atoms with van der Waals surface area (Å²) in [4.78, 5) is 17.5. The number of carbonyl (C=O) groups excluding carboxylic acids is 1. The summed E-state index contributed by atoms with van der Waals surface area (Å²) in [6.07, 6.45) is 0.821. The summed E-state index contributed by atoms with van der Waals surface area (Å²) in [5, 5.41) is 3.36. The number of benzene rings is 2. The summed E-state index contributed by atoms with van der Waals surface area (Å²) < 4.78 is 27.8. The van der Waals surface area contributed by atoms with Gasteiger partial charge < -0.3 is 15.1 Å². The van der Waals surface area contributed by atoms with Gasteiger partial charge in [-0.05, 0) is 63.3 Å². The summed E-state index contributed by atoms with van der Waals surface area (Å²) >= 11 is 5.97. The molecular weight excluding hydrogens is 448 g/mol. The minimum absolute atomic E-state index is 0.140. The number of halogens is 1. The standard InChI is InChI=1S/C23H31ClN4O3S/c1-19-4-10-22(11-5-19)32(30,31)28(21-8-6-20(24)7-9-21)18-23(29)25-12-3-13-27-16-14-26(2)15-17-27/h4-11H,3,12-18H2,1-2H3,(H,25,29). The summed E-state index contributed by atoms with van der Waals surface area (Å²) in [6, 6.07) is 13.0. The zero-order valence-electron chi connectivity index (χ0n) is 18.6. The van der Waals surface area contributed by atoms with Gasteiger partial charge in [0, 0.05) is 37.7 Å². The van der Waals surface area contributed by atoms with Crippen LogP contribution in [0.5, 0.6) is 0 Å². The van der Waals surface area contributed by atoms with Gasteiger partial charge in [0.15, 0.2) is 0 Å². The van der Waals surface area contributed by atoms with E-state index in [0.29, 0.717) is 17.3 Å². The van der Waals surface area contributed by atoms with Crippen LogP contribution in [0.3, 0.4) is 0 Å². The van der Waals surface area contributed by atoms with Crippen molar-refractivity contribution in [3.05, 3.63) is 59.1 Å². The number of hydrogen-bond acceptors (Lipinski definition) is 5.